The second-order valence-electron chi connectivity index (χ2n) is 6.90. The van der Waals surface area contributed by atoms with Crippen LogP contribution in [0.2, 0.25) is 0 Å². The molecule has 3 N–H and O–H groups in total. The maximum Gasteiger partial charge on any atom is 0.238 e. The Morgan fingerprint density at radius 1 is 1.38 bits per heavy atom. The molecule has 1 saturated heterocycles. The van der Waals surface area contributed by atoms with E-state index in [9.17, 15) is 4.79 Å². The number of carbonyl (C=O) groups excluding carboxylic acids is 1. The van der Waals surface area contributed by atoms with Gasteiger partial charge < -0.3 is 9.88 Å². The number of benzene rings is 1. The van der Waals surface area contributed by atoms with Crippen molar-refractivity contribution in [2.75, 3.05) is 6.54 Å². The molecule has 6 nitrogen and oxygen atoms in total. The summed E-state index contributed by atoms with van der Waals surface area (Å²) in [5.41, 5.74) is 8.47. The van der Waals surface area contributed by atoms with Gasteiger partial charge >= 0.3 is 0 Å². The lowest BCUT2D eigenvalue weighted by Crippen LogP contribution is -2.43. The number of imidazole rings is 1. The third-order valence-corrected chi connectivity index (χ3v) is 4.81. The number of hydrogen-bond acceptors (Lipinski definition) is 4. The topological polar surface area (TPSA) is 71.0 Å². The quantitative estimate of drug-likeness (QED) is 0.703. The highest BCUT2D eigenvalue weighted by Gasteiger charge is 2.30. The van der Waals surface area contributed by atoms with Crippen LogP contribution in [0.4, 0.5) is 0 Å². The maximum atomic E-state index is 12.2. The van der Waals surface area contributed by atoms with Crippen LogP contribution in [-0.4, -0.2) is 34.1 Å². The predicted octanol–water partition coefficient (Wildman–Crippen LogP) is 1.51. The lowest BCUT2D eigenvalue weighted by atomic mass is 9.99. The summed E-state index contributed by atoms with van der Waals surface area (Å²) in [6.07, 6.45) is 2.58. The number of nitrogens with one attached hydrogen (secondary N) is 3. The molecule has 2 unspecified atom stereocenters. The van der Waals surface area contributed by atoms with E-state index in [0.29, 0.717) is 18.5 Å². The Labute approximate surface area is 143 Å². The standard InChI is InChI=1S/C18H27N5O/c1-12(2)14-11-15(22-21-14)18(24)19-10-6-9-17-20-13-7-4-5-8-16(13)23(17)3/h4-5,7-8,12,14-15,21-22H,6,9-11H2,1-3H3,(H,19,24). The normalized spacial score (nSPS) is 20.8. The molecule has 1 aromatic carbocycles. The zero-order valence-corrected chi connectivity index (χ0v) is 14.7. The molecule has 0 radical (unpaired) electrons. The Kier molecular flexibility index (Phi) is 5.16. The van der Waals surface area contributed by atoms with Gasteiger partial charge in [0.15, 0.2) is 0 Å². The molecule has 1 aliphatic rings. The zero-order chi connectivity index (χ0) is 17.1. The summed E-state index contributed by atoms with van der Waals surface area (Å²) in [7, 11) is 2.05. The van der Waals surface area contributed by atoms with Crippen LogP contribution >= 0.6 is 0 Å². The number of para-hydroxylation sites is 2. The second-order valence-corrected chi connectivity index (χ2v) is 6.90. The van der Waals surface area contributed by atoms with Crippen molar-refractivity contribution in [3.8, 4) is 0 Å². The van der Waals surface area contributed by atoms with Crippen molar-refractivity contribution in [1.82, 2.24) is 25.7 Å². The lowest BCUT2D eigenvalue weighted by Gasteiger charge is -2.12. The highest BCUT2D eigenvalue weighted by atomic mass is 16.2. The molecule has 1 fully saturated rings. The Morgan fingerprint density at radius 3 is 2.88 bits per heavy atom. The van der Waals surface area contributed by atoms with Crippen LogP contribution in [0.15, 0.2) is 24.3 Å². The Bertz CT molecular complexity index is 708. The molecule has 1 aromatic heterocycles. The smallest absolute Gasteiger partial charge is 0.238 e. The third kappa shape index (κ3) is 3.60. The number of amides is 1. The van der Waals surface area contributed by atoms with Crippen LogP contribution in [0.1, 0.15) is 32.5 Å². The van der Waals surface area contributed by atoms with E-state index in [-0.39, 0.29) is 11.9 Å². The van der Waals surface area contributed by atoms with Crippen LogP contribution in [0, 0.1) is 5.92 Å². The Morgan fingerprint density at radius 2 is 2.17 bits per heavy atom. The first-order chi connectivity index (χ1) is 11.6. The number of fused-ring (bicyclic) bond motifs is 1. The summed E-state index contributed by atoms with van der Waals surface area (Å²) in [5, 5.41) is 3.03. The number of hydrogen-bond donors (Lipinski definition) is 3. The Balaban J connectivity index is 1.45. The predicted molar refractivity (Wildman–Crippen MR) is 95.3 cm³/mol. The van der Waals surface area contributed by atoms with E-state index in [1.165, 1.54) is 0 Å². The monoisotopic (exact) mass is 329 g/mol. The van der Waals surface area contributed by atoms with Gasteiger partial charge in [-0.2, -0.15) is 0 Å². The number of rotatable bonds is 6. The molecule has 0 saturated carbocycles. The van der Waals surface area contributed by atoms with Gasteiger partial charge in [-0.25, -0.2) is 10.4 Å². The molecular formula is C18H27N5O. The summed E-state index contributed by atoms with van der Waals surface area (Å²) in [6.45, 7) is 5.00. The first-order valence-corrected chi connectivity index (χ1v) is 8.75. The fraction of sp³-hybridized carbons (Fsp3) is 0.556. The van der Waals surface area contributed by atoms with Gasteiger partial charge in [-0.05, 0) is 30.9 Å². The number of aryl methyl sites for hydroxylation is 2. The molecule has 2 heterocycles. The van der Waals surface area contributed by atoms with Gasteiger partial charge in [-0.3, -0.25) is 10.2 Å². The fourth-order valence-electron chi connectivity index (χ4n) is 3.19. The van der Waals surface area contributed by atoms with Crippen molar-refractivity contribution in [1.29, 1.82) is 0 Å². The van der Waals surface area contributed by atoms with Crippen molar-refractivity contribution >= 4 is 16.9 Å². The van der Waals surface area contributed by atoms with E-state index < -0.39 is 0 Å². The molecule has 1 amide bonds. The summed E-state index contributed by atoms with van der Waals surface area (Å²) in [5.74, 6) is 1.66. The van der Waals surface area contributed by atoms with E-state index in [1.807, 2.05) is 25.2 Å². The molecule has 130 valence electrons. The highest BCUT2D eigenvalue weighted by Crippen LogP contribution is 2.15. The molecular weight excluding hydrogens is 302 g/mol. The van der Waals surface area contributed by atoms with Crippen molar-refractivity contribution in [2.24, 2.45) is 13.0 Å². The molecule has 3 rings (SSSR count). The van der Waals surface area contributed by atoms with E-state index >= 15 is 0 Å². The van der Waals surface area contributed by atoms with Gasteiger partial charge in [0.1, 0.15) is 11.9 Å². The van der Waals surface area contributed by atoms with Crippen LogP contribution in [0.3, 0.4) is 0 Å². The number of aromatic nitrogens is 2. The van der Waals surface area contributed by atoms with Crippen LogP contribution in [0.5, 0.6) is 0 Å². The van der Waals surface area contributed by atoms with Crippen molar-refractivity contribution in [2.45, 2.75) is 45.2 Å². The summed E-state index contributed by atoms with van der Waals surface area (Å²) < 4.78 is 2.13. The summed E-state index contributed by atoms with van der Waals surface area (Å²) in [4.78, 5) is 16.9. The molecule has 24 heavy (non-hydrogen) atoms. The van der Waals surface area contributed by atoms with Gasteiger partial charge in [0, 0.05) is 26.1 Å². The average molecular weight is 329 g/mol. The minimum Gasteiger partial charge on any atom is -0.355 e. The molecule has 0 aliphatic carbocycles. The maximum absolute atomic E-state index is 12.2. The first-order valence-electron chi connectivity index (χ1n) is 8.75. The largest absolute Gasteiger partial charge is 0.355 e. The summed E-state index contributed by atoms with van der Waals surface area (Å²) >= 11 is 0. The third-order valence-electron chi connectivity index (χ3n) is 4.81. The van der Waals surface area contributed by atoms with E-state index in [2.05, 4.69) is 45.6 Å². The number of hydrazine groups is 1. The minimum absolute atomic E-state index is 0.0793. The number of carbonyl (C=O) groups is 1. The fourth-order valence-corrected chi connectivity index (χ4v) is 3.19. The van der Waals surface area contributed by atoms with Gasteiger partial charge in [0.25, 0.3) is 0 Å². The zero-order valence-electron chi connectivity index (χ0n) is 14.7. The molecule has 0 bridgehead atoms. The summed E-state index contributed by atoms with van der Waals surface area (Å²) in [6, 6.07) is 8.38. The average Bonchev–Trinajstić information content (AvgIpc) is 3.18. The number of nitrogens with zero attached hydrogens (tertiary/aromatic N) is 2. The second kappa shape index (κ2) is 7.32. The molecule has 0 spiro atoms. The highest BCUT2D eigenvalue weighted by molar-refractivity contribution is 5.82. The van der Waals surface area contributed by atoms with Crippen molar-refractivity contribution < 1.29 is 4.79 Å². The molecule has 6 heteroatoms. The first kappa shape index (κ1) is 16.9. The van der Waals surface area contributed by atoms with Crippen LogP contribution in [-0.2, 0) is 18.3 Å². The van der Waals surface area contributed by atoms with Gasteiger partial charge in [-0.1, -0.05) is 26.0 Å². The van der Waals surface area contributed by atoms with Gasteiger partial charge in [-0.15, -0.1) is 0 Å². The van der Waals surface area contributed by atoms with E-state index in [4.69, 9.17) is 0 Å². The van der Waals surface area contributed by atoms with E-state index in [0.717, 1.165) is 36.1 Å². The van der Waals surface area contributed by atoms with Crippen molar-refractivity contribution in [3.05, 3.63) is 30.1 Å². The van der Waals surface area contributed by atoms with Crippen LogP contribution in [0.25, 0.3) is 11.0 Å². The lowest BCUT2D eigenvalue weighted by molar-refractivity contribution is -0.122. The van der Waals surface area contributed by atoms with Crippen LogP contribution < -0.4 is 16.2 Å². The van der Waals surface area contributed by atoms with E-state index in [1.54, 1.807) is 0 Å². The molecule has 2 aromatic rings. The Hall–Kier alpha value is -1.92. The van der Waals surface area contributed by atoms with Gasteiger partial charge in [0.2, 0.25) is 5.91 Å². The SMILES string of the molecule is CC(C)C1CC(C(=O)NCCCc2nc3ccccc3n2C)NN1. The molecule has 1 aliphatic heterocycles. The van der Waals surface area contributed by atoms with Gasteiger partial charge in [0.05, 0.1) is 11.0 Å². The van der Waals surface area contributed by atoms with Crippen molar-refractivity contribution in [3.63, 3.8) is 0 Å². The minimum atomic E-state index is -0.131. The molecule has 2 atom stereocenters.